The van der Waals surface area contributed by atoms with Gasteiger partial charge in [0.1, 0.15) is 11.8 Å². The van der Waals surface area contributed by atoms with Gasteiger partial charge in [0.05, 0.1) is 5.69 Å². The standard InChI is InChI=1S/C7H9N3/c1-5-6(9)4-10(2)7(5)3-8/h4H,9H2,1-2H3. The van der Waals surface area contributed by atoms with Gasteiger partial charge in [-0.1, -0.05) is 0 Å². The van der Waals surface area contributed by atoms with Crippen LogP contribution in [0.15, 0.2) is 6.20 Å². The molecule has 3 nitrogen and oxygen atoms in total. The fourth-order valence-electron chi connectivity index (χ4n) is 0.934. The van der Waals surface area contributed by atoms with Crippen LogP contribution in [-0.4, -0.2) is 4.57 Å². The van der Waals surface area contributed by atoms with E-state index in [9.17, 15) is 0 Å². The van der Waals surface area contributed by atoms with Crippen molar-refractivity contribution < 1.29 is 0 Å². The zero-order valence-electron chi connectivity index (χ0n) is 6.05. The van der Waals surface area contributed by atoms with Crippen molar-refractivity contribution in [3.63, 3.8) is 0 Å². The molecule has 52 valence electrons. The molecule has 0 bridgehead atoms. The molecule has 3 heteroatoms. The predicted octanol–water partition coefficient (Wildman–Crippen LogP) is 0.787. The molecule has 1 rings (SSSR count). The van der Waals surface area contributed by atoms with Crippen molar-refractivity contribution in [3.05, 3.63) is 17.5 Å². The van der Waals surface area contributed by atoms with Crippen LogP contribution in [0.2, 0.25) is 0 Å². The second kappa shape index (κ2) is 2.07. The molecule has 10 heavy (non-hydrogen) atoms. The molecule has 0 unspecified atom stereocenters. The van der Waals surface area contributed by atoms with E-state index in [0.29, 0.717) is 11.4 Å². The minimum atomic E-state index is 0.637. The van der Waals surface area contributed by atoms with Gasteiger partial charge in [-0.05, 0) is 6.92 Å². The molecule has 0 amide bonds. The lowest BCUT2D eigenvalue weighted by atomic mass is 10.2. The van der Waals surface area contributed by atoms with Crippen molar-refractivity contribution in [1.82, 2.24) is 4.57 Å². The van der Waals surface area contributed by atoms with Crippen LogP contribution in [0.3, 0.4) is 0 Å². The van der Waals surface area contributed by atoms with Gasteiger partial charge in [0.25, 0.3) is 0 Å². The van der Waals surface area contributed by atoms with Gasteiger partial charge in [-0.2, -0.15) is 5.26 Å². The molecule has 0 aliphatic carbocycles. The number of nitrogens with two attached hydrogens (primary N) is 1. The molecule has 0 saturated heterocycles. The summed E-state index contributed by atoms with van der Waals surface area (Å²) in [5.74, 6) is 0. The monoisotopic (exact) mass is 135 g/mol. The van der Waals surface area contributed by atoms with Gasteiger partial charge in [-0.15, -0.1) is 0 Å². The Labute approximate surface area is 59.7 Å². The van der Waals surface area contributed by atoms with E-state index in [-0.39, 0.29) is 0 Å². The maximum absolute atomic E-state index is 8.59. The first kappa shape index (κ1) is 6.69. The average Bonchev–Trinajstić information content (AvgIpc) is 2.09. The van der Waals surface area contributed by atoms with Crippen molar-refractivity contribution in [2.75, 3.05) is 5.73 Å². The number of rotatable bonds is 0. The van der Waals surface area contributed by atoms with Gasteiger partial charge >= 0.3 is 0 Å². The summed E-state index contributed by atoms with van der Waals surface area (Å²) in [5.41, 5.74) is 7.73. The Balaban J connectivity index is 3.37. The van der Waals surface area contributed by atoms with Crippen LogP contribution in [-0.2, 0) is 7.05 Å². The van der Waals surface area contributed by atoms with Gasteiger partial charge in [0, 0.05) is 18.8 Å². The van der Waals surface area contributed by atoms with Crippen LogP contribution in [0.25, 0.3) is 0 Å². The lowest BCUT2D eigenvalue weighted by molar-refractivity contribution is 0.904. The number of hydrogen-bond donors (Lipinski definition) is 1. The van der Waals surface area contributed by atoms with E-state index < -0.39 is 0 Å². The van der Waals surface area contributed by atoms with E-state index in [1.165, 1.54) is 0 Å². The Kier molecular flexibility index (Phi) is 1.38. The third-order valence-corrected chi connectivity index (χ3v) is 1.58. The van der Waals surface area contributed by atoms with E-state index in [0.717, 1.165) is 5.56 Å². The first-order chi connectivity index (χ1) is 4.66. The third-order valence-electron chi connectivity index (χ3n) is 1.58. The number of nitriles is 1. The van der Waals surface area contributed by atoms with Gasteiger partial charge in [-0.25, -0.2) is 0 Å². The zero-order chi connectivity index (χ0) is 7.72. The Bertz CT molecular complexity index is 291. The molecule has 1 aromatic heterocycles. The van der Waals surface area contributed by atoms with E-state index in [1.54, 1.807) is 10.8 Å². The fourth-order valence-corrected chi connectivity index (χ4v) is 0.934. The number of anilines is 1. The number of nitrogens with zero attached hydrogens (tertiary/aromatic N) is 2. The summed E-state index contributed by atoms with van der Waals surface area (Å²) in [6.45, 7) is 1.84. The van der Waals surface area contributed by atoms with E-state index >= 15 is 0 Å². The summed E-state index contributed by atoms with van der Waals surface area (Å²) in [6, 6.07) is 2.07. The molecule has 0 spiro atoms. The van der Waals surface area contributed by atoms with Gasteiger partial charge in [0.15, 0.2) is 0 Å². The number of aryl methyl sites for hydroxylation is 1. The molecule has 0 aliphatic heterocycles. The van der Waals surface area contributed by atoms with Crippen LogP contribution < -0.4 is 5.73 Å². The zero-order valence-corrected chi connectivity index (χ0v) is 6.05. The highest BCUT2D eigenvalue weighted by atomic mass is 14.9. The Morgan fingerprint density at radius 3 is 2.50 bits per heavy atom. The topological polar surface area (TPSA) is 54.7 Å². The highest BCUT2D eigenvalue weighted by Gasteiger charge is 2.04. The molecule has 0 aromatic carbocycles. The van der Waals surface area contributed by atoms with Crippen molar-refractivity contribution >= 4 is 5.69 Å². The summed E-state index contributed by atoms with van der Waals surface area (Å²) in [7, 11) is 1.81. The SMILES string of the molecule is Cc1c(N)cn(C)c1C#N. The summed E-state index contributed by atoms with van der Waals surface area (Å²) in [4.78, 5) is 0. The smallest absolute Gasteiger partial charge is 0.125 e. The molecular weight excluding hydrogens is 126 g/mol. The van der Waals surface area contributed by atoms with Gasteiger partial charge < -0.3 is 10.3 Å². The predicted molar refractivity (Wildman–Crippen MR) is 39.3 cm³/mol. The Hall–Kier alpha value is -1.43. The molecule has 0 radical (unpaired) electrons. The molecule has 0 fully saturated rings. The summed E-state index contributed by atoms with van der Waals surface area (Å²) in [6.07, 6.45) is 1.74. The minimum Gasteiger partial charge on any atom is -0.397 e. The largest absolute Gasteiger partial charge is 0.397 e. The highest BCUT2D eigenvalue weighted by molar-refractivity contribution is 5.52. The summed E-state index contributed by atoms with van der Waals surface area (Å²) in [5, 5.41) is 8.59. The van der Waals surface area contributed by atoms with Gasteiger partial charge in [-0.3, -0.25) is 0 Å². The lowest BCUT2D eigenvalue weighted by Crippen LogP contribution is -1.89. The maximum Gasteiger partial charge on any atom is 0.125 e. The van der Waals surface area contributed by atoms with Crippen molar-refractivity contribution in [2.24, 2.45) is 7.05 Å². The quantitative estimate of drug-likeness (QED) is 0.571. The first-order valence-corrected chi connectivity index (χ1v) is 2.98. The van der Waals surface area contributed by atoms with Crippen LogP contribution in [0.4, 0.5) is 5.69 Å². The molecule has 1 aromatic rings. The lowest BCUT2D eigenvalue weighted by Gasteiger charge is -1.90. The molecule has 0 atom stereocenters. The van der Waals surface area contributed by atoms with Crippen molar-refractivity contribution in [1.29, 1.82) is 5.26 Å². The number of aromatic nitrogens is 1. The van der Waals surface area contributed by atoms with Crippen molar-refractivity contribution in [2.45, 2.75) is 6.92 Å². The van der Waals surface area contributed by atoms with Crippen LogP contribution in [0, 0.1) is 18.3 Å². The maximum atomic E-state index is 8.59. The van der Waals surface area contributed by atoms with E-state index in [1.807, 2.05) is 14.0 Å². The van der Waals surface area contributed by atoms with E-state index in [4.69, 9.17) is 11.0 Å². The average molecular weight is 135 g/mol. The fraction of sp³-hybridized carbons (Fsp3) is 0.286. The Morgan fingerprint density at radius 2 is 2.30 bits per heavy atom. The van der Waals surface area contributed by atoms with Gasteiger partial charge in [0.2, 0.25) is 0 Å². The van der Waals surface area contributed by atoms with Crippen molar-refractivity contribution in [3.8, 4) is 6.07 Å². The molecule has 1 heterocycles. The molecule has 2 N–H and O–H groups in total. The van der Waals surface area contributed by atoms with Crippen LogP contribution in [0.5, 0.6) is 0 Å². The molecule has 0 aliphatic rings. The molecule has 0 saturated carbocycles. The van der Waals surface area contributed by atoms with Crippen LogP contribution >= 0.6 is 0 Å². The third kappa shape index (κ3) is 0.742. The van der Waals surface area contributed by atoms with E-state index in [2.05, 4.69) is 6.07 Å². The number of hydrogen-bond acceptors (Lipinski definition) is 2. The normalized spacial score (nSPS) is 9.30. The number of nitrogen functional groups attached to an aromatic ring is 1. The molecular formula is C7H9N3. The second-order valence-corrected chi connectivity index (χ2v) is 2.28. The Morgan fingerprint density at radius 1 is 1.70 bits per heavy atom. The summed E-state index contributed by atoms with van der Waals surface area (Å²) >= 11 is 0. The first-order valence-electron chi connectivity index (χ1n) is 2.98. The van der Waals surface area contributed by atoms with Crippen LogP contribution in [0.1, 0.15) is 11.3 Å². The summed E-state index contributed by atoms with van der Waals surface area (Å²) < 4.78 is 1.73. The second-order valence-electron chi connectivity index (χ2n) is 2.28. The highest BCUT2D eigenvalue weighted by Crippen LogP contribution is 2.15. The minimum absolute atomic E-state index is 0.637.